The predicted molar refractivity (Wildman–Crippen MR) is 112 cm³/mol. The summed E-state index contributed by atoms with van der Waals surface area (Å²) in [6.07, 6.45) is 5.25. The second-order valence-corrected chi connectivity index (χ2v) is 7.12. The first kappa shape index (κ1) is 18.7. The third kappa shape index (κ3) is 4.82. The number of anilines is 2. The van der Waals surface area contributed by atoms with Crippen molar-refractivity contribution >= 4 is 35.3 Å². The van der Waals surface area contributed by atoms with E-state index in [1.54, 1.807) is 47.4 Å². The quantitative estimate of drug-likeness (QED) is 0.663. The smallest absolute Gasteiger partial charge is 0.321 e. The lowest BCUT2D eigenvalue weighted by Crippen LogP contribution is -2.27. The molecule has 2 aliphatic rings. The van der Waals surface area contributed by atoms with Crippen molar-refractivity contribution in [1.82, 2.24) is 10.6 Å². The van der Waals surface area contributed by atoms with Gasteiger partial charge >= 0.3 is 6.03 Å². The largest absolute Gasteiger partial charge is 0.349 e. The zero-order chi connectivity index (χ0) is 20.2. The minimum atomic E-state index is -0.257. The van der Waals surface area contributed by atoms with Crippen LogP contribution in [-0.4, -0.2) is 37.0 Å². The maximum absolute atomic E-state index is 12.1. The van der Waals surface area contributed by atoms with Crippen LogP contribution in [0.5, 0.6) is 0 Å². The van der Waals surface area contributed by atoms with E-state index in [4.69, 9.17) is 0 Å². The number of benzene rings is 2. The highest BCUT2D eigenvalue weighted by Crippen LogP contribution is 2.20. The molecule has 7 nitrogen and oxygen atoms in total. The fourth-order valence-corrected chi connectivity index (χ4v) is 3.04. The molecular weight excluding hydrogens is 368 g/mol. The summed E-state index contributed by atoms with van der Waals surface area (Å²) in [4.78, 5) is 37.5. The number of nitrogens with zero attached hydrogens (tertiary/aromatic N) is 1. The number of urea groups is 1. The third-order valence-electron chi connectivity index (χ3n) is 4.82. The second kappa shape index (κ2) is 8.18. The van der Waals surface area contributed by atoms with Crippen LogP contribution in [0.4, 0.5) is 16.2 Å². The monoisotopic (exact) mass is 390 g/mol. The van der Waals surface area contributed by atoms with Crippen LogP contribution in [0.25, 0.3) is 6.08 Å². The Morgan fingerprint density at radius 3 is 2.38 bits per heavy atom. The standard InChI is InChI=1S/C22H22N4O3/c27-20(24-17-8-10-19(11-9-17)26-14-13-23-22(26)29)12-3-15-1-4-16(5-2-15)21(28)25-18-6-7-18/h1-5,8-12,18H,6-7,13-14H2,(H,23,29)(H,24,27)(H,25,28)/b12-3+. The van der Waals surface area contributed by atoms with Gasteiger partial charge in [-0.3, -0.25) is 14.5 Å². The number of carbonyl (C=O) groups is 3. The summed E-state index contributed by atoms with van der Waals surface area (Å²) in [5.41, 5.74) is 2.89. The summed E-state index contributed by atoms with van der Waals surface area (Å²) in [6, 6.07) is 14.5. The Hall–Kier alpha value is -3.61. The molecule has 7 heteroatoms. The minimum absolute atomic E-state index is 0.0596. The van der Waals surface area contributed by atoms with Gasteiger partial charge in [-0.15, -0.1) is 0 Å². The molecule has 0 spiro atoms. The molecule has 0 aromatic heterocycles. The van der Waals surface area contributed by atoms with Gasteiger partial charge in [0.2, 0.25) is 5.91 Å². The normalized spacial score (nSPS) is 16.0. The minimum Gasteiger partial charge on any atom is -0.349 e. The summed E-state index contributed by atoms with van der Waals surface area (Å²) >= 11 is 0. The Morgan fingerprint density at radius 1 is 1.03 bits per heavy atom. The van der Waals surface area contributed by atoms with Gasteiger partial charge in [-0.25, -0.2) is 4.79 Å². The van der Waals surface area contributed by atoms with E-state index < -0.39 is 0 Å². The van der Waals surface area contributed by atoms with Gasteiger partial charge in [-0.1, -0.05) is 12.1 Å². The van der Waals surface area contributed by atoms with E-state index in [0.29, 0.717) is 30.4 Å². The van der Waals surface area contributed by atoms with Crippen molar-refractivity contribution in [3.05, 3.63) is 65.7 Å². The van der Waals surface area contributed by atoms with Crippen LogP contribution < -0.4 is 20.9 Å². The van der Waals surface area contributed by atoms with E-state index in [0.717, 1.165) is 24.1 Å². The molecule has 1 heterocycles. The number of amides is 4. The highest BCUT2D eigenvalue weighted by molar-refractivity contribution is 6.02. The Morgan fingerprint density at radius 2 is 1.76 bits per heavy atom. The lowest BCUT2D eigenvalue weighted by Gasteiger charge is -2.14. The van der Waals surface area contributed by atoms with E-state index in [9.17, 15) is 14.4 Å². The van der Waals surface area contributed by atoms with Crippen LogP contribution in [0.1, 0.15) is 28.8 Å². The average Bonchev–Trinajstić information content (AvgIpc) is 3.45. The SMILES string of the molecule is O=C(/C=C/c1ccc(C(=O)NC2CC2)cc1)Nc1ccc(N2CCNC2=O)cc1. The van der Waals surface area contributed by atoms with Crippen molar-refractivity contribution in [3.8, 4) is 0 Å². The third-order valence-corrected chi connectivity index (χ3v) is 4.82. The molecule has 0 radical (unpaired) electrons. The maximum Gasteiger partial charge on any atom is 0.321 e. The number of carbonyl (C=O) groups excluding carboxylic acids is 3. The van der Waals surface area contributed by atoms with Crippen LogP contribution in [0, 0.1) is 0 Å². The van der Waals surface area contributed by atoms with Crippen molar-refractivity contribution in [2.75, 3.05) is 23.3 Å². The fraction of sp³-hybridized carbons (Fsp3) is 0.227. The van der Waals surface area contributed by atoms with Gasteiger partial charge < -0.3 is 16.0 Å². The van der Waals surface area contributed by atoms with E-state index in [-0.39, 0.29) is 17.8 Å². The van der Waals surface area contributed by atoms with Gasteiger partial charge in [0.1, 0.15) is 0 Å². The van der Waals surface area contributed by atoms with Gasteiger partial charge in [0.15, 0.2) is 0 Å². The lowest BCUT2D eigenvalue weighted by molar-refractivity contribution is -0.111. The van der Waals surface area contributed by atoms with Crippen molar-refractivity contribution in [2.24, 2.45) is 0 Å². The molecule has 4 rings (SSSR count). The Balaban J connectivity index is 1.31. The van der Waals surface area contributed by atoms with Gasteiger partial charge in [-0.2, -0.15) is 0 Å². The highest BCUT2D eigenvalue weighted by Gasteiger charge is 2.23. The van der Waals surface area contributed by atoms with Crippen molar-refractivity contribution in [3.63, 3.8) is 0 Å². The van der Waals surface area contributed by atoms with Crippen LogP contribution in [-0.2, 0) is 4.79 Å². The molecule has 1 saturated carbocycles. The fourth-order valence-electron chi connectivity index (χ4n) is 3.04. The first-order valence-electron chi connectivity index (χ1n) is 9.64. The highest BCUT2D eigenvalue weighted by atomic mass is 16.2. The van der Waals surface area contributed by atoms with Gasteiger partial charge in [-0.05, 0) is 60.9 Å². The average molecular weight is 390 g/mol. The van der Waals surface area contributed by atoms with Gasteiger partial charge in [0.25, 0.3) is 5.91 Å². The molecule has 29 heavy (non-hydrogen) atoms. The zero-order valence-corrected chi connectivity index (χ0v) is 15.9. The molecule has 2 aromatic carbocycles. The zero-order valence-electron chi connectivity index (χ0n) is 15.9. The van der Waals surface area contributed by atoms with Crippen molar-refractivity contribution in [2.45, 2.75) is 18.9 Å². The van der Waals surface area contributed by atoms with E-state index >= 15 is 0 Å². The molecule has 1 aliphatic carbocycles. The van der Waals surface area contributed by atoms with Crippen LogP contribution in [0.2, 0.25) is 0 Å². The van der Waals surface area contributed by atoms with Crippen LogP contribution >= 0.6 is 0 Å². The molecule has 148 valence electrons. The molecule has 1 aliphatic heterocycles. The molecule has 4 amide bonds. The van der Waals surface area contributed by atoms with Gasteiger partial charge in [0.05, 0.1) is 0 Å². The Kier molecular flexibility index (Phi) is 5.29. The van der Waals surface area contributed by atoms with Crippen LogP contribution in [0.3, 0.4) is 0 Å². The van der Waals surface area contributed by atoms with Crippen LogP contribution in [0.15, 0.2) is 54.6 Å². The summed E-state index contributed by atoms with van der Waals surface area (Å²) < 4.78 is 0. The molecule has 2 fully saturated rings. The Bertz CT molecular complexity index is 947. The number of nitrogens with one attached hydrogen (secondary N) is 3. The number of rotatable bonds is 6. The topological polar surface area (TPSA) is 90.5 Å². The molecule has 0 atom stereocenters. The summed E-state index contributed by atoms with van der Waals surface area (Å²) in [6.45, 7) is 1.27. The molecule has 1 saturated heterocycles. The first-order valence-corrected chi connectivity index (χ1v) is 9.64. The van der Waals surface area contributed by atoms with E-state index in [2.05, 4.69) is 16.0 Å². The van der Waals surface area contributed by atoms with Crippen molar-refractivity contribution < 1.29 is 14.4 Å². The molecule has 3 N–H and O–H groups in total. The number of hydrogen-bond donors (Lipinski definition) is 3. The lowest BCUT2D eigenvalue weighted by atomic mass is 10.1. The molecule has 2 aromatic rings. The maximum atomic E-state index is 12.1. The molecule has 0 bridgehead atoms. The Labute approximate surface area is 168 Å². The second-order valence-electron chi connectivity index (χ2n) is 7.12. The van der Waals surface area contributed by atoms with E-state index in [1.807, 2.05) is 12.1 Å². The van der Waals surface area contributed by atoms with Crippen molar-refractivity contribution in [1.29, 1.82) is 0 Å². The predicted octanol–water partition coefficient (Wildman–Crippen LogP) is 2.76. The molecule has 0 unspecified atom stereocenters. The number of hydrogen-bond acceptors (Lipinski definition) is 3. The van der Waals surface area contributed by atoms with Gasteiger partial charge in [0, 0.05) is 42.1 Å². The first-order chi connectivity index (χ1) is 14.1. The van der Waals surface area contributed by atoms with E-state index in [1.165, 1.54) is 6.08 Å². The molecular formula is C22H22N4O3. The summed E-state index contributed by atoms with van der Waals surface area (Å²) in [7, 11) is 0. The summed E-state index contributed by atoms with van der Waals surface area (Å²) in [5, 5.41) is 8.49. The summed E-state index contributed by atoms with van der Waals surface area (Å²) in [5.74, 6) is -0.317.